The van der Waals surface area contributed by atoms with Crippen LogP contribution in [0.5, 0.6) is 5.75 Å². The van der Waals surface area contributed by atoms with Gasteiger partial charge in [0.1, 0.15) is 11.6 Å². The lowest BCUT2D eigenvalue weighted by Crippen LogP contribution is -2.48. The first-order chi connectivity index (χ1) is 9.47. The zero-order chi connectivity index (χ0) is 14.7. The molecule has 0 radical (unpaired) electrons. The van der Waals surface area contributed by atoms with Gasteiger partial charge in [0, 0.05) is 50.4 Å². The molecular weight excluding hydrogens is 255 g/mol. The highest BCUT2D eigenvalue weighted by atomic mass is 19.1. The lowest BCUT2D eigenvalue weighted by atomic mass is 10.0. The number of rotatable bonds is 4. The molecule has 1 N–H and O–H groups in total. The van der Waals surface area contributed by atoms with E-state index in [0.717, 1.165) is 38.3 Å². The lowest BCUT2D eigenvalue weighted by molar-refractivity contribution is 0.0938. The number of halogens is 1. The molecule has 1 heterocycles. The number of aromatic hydroxyl groups is 1. The van der Waals surface area contributed by atoms with Crippen LogP contribution in [0.25, 0.3) is 0 Å². The zero-order valence-corrected chi connectivity index (χ0v) is 12.6. The SMILES string of the molecule is CC(C)CN1CCN(C(C)c2ccc(F)cc2O)CC1. The van der Waals surface area contributed by atoms with Crippen molar-refractivity contribution in [3.63, 3.8) is 0 Å². The van der Waals surface area contributed by atoms with Gasteiger partial charge in [0.2, 0.25) is 0 Å². The van der Waals surface area contributed by atoms with Crippen molar-refractivity contribution in [2.75, 3.05) is 32.7 Å². The Morgan fingerprint density at radius 1 is 1.15 bits per heavy atom. The lowest BCUT2D eigenvalue weighted by Gasteiger charge is -2.38. The van der Waals surface area contributed by atoms with E-state index in [4.69, 9.17) is 0 Å². The third-order valence-electron chi connectivity index (χ3n) is 4.02. The molecule has 3 nitrogen and oxygen atoms in total. The molecule has 1 aromatic rings. The van der Waals surface area contributed by atoms with Gasteiger partial charge >= 0.3 is 0 Å². The van der Waals surface area contributed by atoms with Crippen LogP contribution in [0.3, 0.4) is 0 Å². The van der Waals surface area contributed by atoms with Crippen LogP contribution in [0.4, 0.5) is 4.39 Å². The molecule has 0 aliphatic carbocycles. The van der Waals surface area contributed by atoms with Crippen molar-refractivity contribution < 1.29 is 9.50 Å². The normalized spacial score (nSPS) is 19.4. The monoisotopic (exact) mass is 280 g/mol. The number of piperazine rings is 1. The van der Waals surface area contributed by atoms with Crippen LogP contribution in [0.1, 0.15) is 32.4 Å². The first kappa shape index (κ1) is 15.3. The minimum Gasteiger partial charge on any atom is -0.508 e. The quantitative estimate of drug-likeness (QED) is 0.918. The summed E-state index contributed by atoms with van der Waals surface area (Å²) in [5.41, 5.74) is 0.809. The molecule has 1 aromatic carbocycles. The third kappa shape index (κ3) is 3.70. The molecule has 0 bridgehead atoms. The molecule has 0 saturated carbocycles. The summed E-state index contributed by atoms with van der Waals surface area (Å²) in [4.78, 5) is 4.84. The van der Waals surface area contributed by atoms with Gasteiger partial charge in [0.05, 0.1) is 0 Å². The van der Waals surface area contributed by atoms with E-state index >= 15 is 0 Å². The number of hydrogen-bond acceptors (Lipinski definition) is 3. The summed E-state index contributed by atoms with van der Waals surface area (Å²) in [6, 6.07) is 4.42. The predicted octanol–water partition coefficient (Wildman–Crippen LogP) is 2.87. The predicted molar refractivity (Wildman–Crippen MR) is 79.3 cm³/mol. The Balaban J connectivity index is 1.96. The van der Waals surface area contributed by atoms with Crippen molar-refractivity contribution in [3.05, 3.63) is 29.6 Å². The van der Waals surface area contributed by atoms with Gasteiger partial charge < -0.3 is 10.0 Å². The largest absolute Gasteiger partial charge is 0.508 e. The molecule has 1 unspecified atom stereocenters. The fraction of sp³-hybridized carbons (Fsp3) is 0.625. The Hall–Kier alpha value is -1.13. The van der Waals surface area contributed by atoms with Crippen LogP contribution in [0.2, 0.25) is 0 Å². The van der Waals surface area contributed by atoms with E-state index in [1.54, 1.807) is 6.07 Å². The molecule has 4 heteroatoms. The molecule has 112 valence electrons. The topological polar surface area (TPSA) is 26.7 Å². The second kappa shape index (κ2) is 6.55. The fourth-order valence-corrected chi connectivity index (χ4v) is 2.92. The molecule has 1 aliphatic rings. The standard InChI is InChI=1S/C16H25FN2O/c1-12(2)11-18-6-8-19(9-7-18)13(3)15-5-4-14(17)10-16(15)20/h4-5,10,12-13,20H,6-9,11H2,1-3H3. The fourth-order valence-electron chi connectivity index (χ4n) is 2.92. The van der Waals surface area contributed by atoms with E-state index in [-0.39, 0.29) is 17.6 Å². The molecule has 1 aliphatic heterocycles. The first-order valence-corrected chi connectivity index (χ1v) is 7.42. The van der Waals surface area contributed by atoms with Crippen molar-refractivity contribution in [1.82, 2.24) is 9.80 Å². The number of nitrogens with zero attached hydrogens (tertiary/aromatic N) is 2. The van der Waals surface area contributed by atoms with Crippen LogP contribution >= 0.6 is 0 Å². The molecule has 1 atom stereocenters. The molecule has 2 rings (SSSR count). The Bertz CT molecular complexity index is 442. The smallest absolute Gasteiger partial charge is 0.126 e. The molecule has 0 aromatic heterocycles. The van der Waals surface area contributed by atoms with Crippen molar-refractivity contribution >= 4 is 0 Å². The Labute approximate surface area is 121 Å². The number of phenols is 1. The van der Waals surface area contributed by atoms with E-state index in [2.05, 4.69) is 30.6 Å². The van der Waals surface area contributed by atoms with Crippen molar-refractivity contribution in [1.29, 1.82) is 0 Å². The first-order valence-electron chi connectivity index (χ1n) is 7.42. The summed E-state index contributed by atoms with van der Waals surface area (Å²) < 4.78 is 13.0. The van der Waals surface area contributed by atoms with Gasteiger partial charge in [-0.05, 0) is 18.9 Å². The van der Waals surface area contributed by atoms with Gasteiger partial charge in [0.15, 0.2) is 0 Å². The van der Waals surface area contributed by atoms with Crippen LogP contribution in [-0.4, -0.2) is 47.6 Å². The van der Waals surface area contributed by atoms with Gasteiger partial charge in [-0.1, -0.05) is 19.9 Å². The number of phenolic OH excluding ortho intramolecular Hbond substituents is 1. The summed E-state index contributed by atoms with van der Waals surface area (Å²) in [7, 11) is 0. The van der Waals surface area contributed by atoms with E-state index in [1.807, 2.05) is 0 Å². The van der Waals surface area contributed by atoms with Gasteiger partial charge in [-0.15, -0.1) is 0 Å². The average molecular weight is 280 g/mol. The van der Waals surface area contributed by atoms with Crippen molar-refractivity contribution in [3.8, 4) is 5.75 Å². The van der Waals surface area contributed by atoms with Crippen molar-refractivity contribution in [2.45, 2.75) is 26.8 Å². The highest BCUT2D eigenvalue weighted by Gasteiger charge is 2.23. The summed E-state index contributed by atoms with van der Waals surface area (Å²) in [6.45, 7) is 11.8. The Morgan fingerprint density at radius 2 is 1.80 bits per heavy atom. The zero-order valence-electron chi connectivity index (χ0n) is 12.6. The van der Waals surface area contributed by atoms with Gasteiger partial charge in [-0.2, -0.15) is 0 Å². The second-order valence-electron chi connectivity index (χ2n) is 6.11. The number of benzene rings is 1. The third-order valence-corrected chi connectivity index (χ3v) is 4.02. The van der Waals surface area contributed by atoms with E-state index in [1.165, 1.54) is 12.1 Å². The highest BCUT2D eigenvalue weighted by molar-refractivity contribution is 5.35. The van der Waals surface area contributed by atoms with E-state index in [0.29, 0.717) is 5.92 Å². The minimum absolute atomic E-state index is 0.0575. The Kier molecular flexibility index (Phi) is 5.00. The molecule has 0 amide bonds. The minimum atomic E-state index is -0.389. The Morgan fingerprint density at radius 3 is 2.35 bits per heavy atom. The molecule has 1 fully saturated rings. The maximum Gasteiger partial charge on any atom is 0.126 e. The van der Waals surface area contributed by atoms with Gasteiger partial charge in [0.25, 0.3) is 0 Å². The van der Waals surface area contributed by atoms with E-state index < -0.39 is 0 Å². The number of hydrogen-bond donors (Lipinski definition) is 1. The molecule has 0 spiro atoms. The molecular formula is C16H25FN2O. The summed E-state index contributed by atoms with van der Waals surface area (Å²) >= 11 is 0. The van der Waals surface area contributed by atoms with Crippen molar-refractivity contribution in [2.24, 2.45) is 5.92 Å². The van der Waals surface area contributed by atoms with Gasteiger partial charge in [-0.3, -0.25) is 4.90 Å². The van der Waals surface area contributed by atoms with E-state index in [9.17, 15) is 9.50 Å². The maximum atomic E-state index is 13.0. The average Bonchev–Trinajstić information content (AvgIpc) is 2.38. The summed E-state index contributed by atoms with van der Waals surface area (Å²) in [6.07, 6.45) is 0. The van der Waals surface area contributed by atoms with Crippen LogP contribution in [0.15, 0.2) is 18.2 Å². The van der Waals surface area contributed by atoms with Gasteiger partial charge in [-0.25, -0.2) is 4.39 Å². The van der Waals surface area contributed by atoms with Crippen LogP contribution in [-0.2, 0) is 0 Å². The second-order valence-corrected chi connectivity index (χ2v) is 6.11. The molecule has 1 saturated heterocycles. The summed E-state index contributed by atoms with van der Waals surface area (Å²) in [5, 5.41) is 9.89. The highest BCUT2D eigenvalue weighted by Crippen LogP contribution is 2.29. The van der Waals surface area contributed by atoms with Crippen LogP contribution in [0, 0.1) is 11.7 Å². The maximum absolute atomic E-state index is 13.0. The molecule has 20 heavy (non-hydrogen) atoms. The van der Waals surface area contributed by atoms with Crippen LogP contribution < -0.4 is 0 Å². The summed E-state index contributed by atoms with van der Waals surface area (Å²) in [5.74, 6) is 0.363.